The fraction of sp³-hybridized carbons (Fsp3) is 0.540. The van der Waals surface area contributed by atoms with Gasteiger partial charge in [-0.15, -0.1) is 11.3 Å². The van der Waals surface area contributed by atoms with Gasteiger partial charge in [0, 0.05) is 161 Å². The molecular formula is C124H179F4N7O14S. The van der Waals surface area contributed by atoms with E-state index in [0.717, 1.165) is 60.5 Å². The van der Waals surface area contributed by atoms with E-state index < -0.39 is 45.3 Å². The van der Waals surface area contributed by atoms with Crippen LogP contribution in [0.4, 0.5) is 17.6 Å². The van der Waals surface area contributed by atoms with Crippen LogP contribution in [-0.2, 0) is 28.8 Å². The summed E-state index contributed by atoms with van der Waals surface area (Å²) in [5.41, 5.74) is -0.362. The van der Waals surface area contributed by atoms with Crippen molar-refractivity contribution in [3.05, 3.63) is 256 Å². The van der Waals surface area contributed by atoms with Gasteiger partial charge in [-0.05, 0) is 99.0 Å². The largest absolute Gasteiger partial charge is 0.300 e. The molecule has 7 aromatic heterocycles. The first-order valence-corrected chi connectivity index (χ1v) is 52.2. The molecule has 0 aliphatic heterocycles. The SMILES string of the molecule is CC(=O)C(C)C.CC(C)(C)C(=O)C1=CCC=C1.CC(C)(C)C(=O)C1CCC1.CC(C)(C)C(=O)c1ccc(F)cn1.CC(C)(C)C(=O)c1ccccc1.CC(C)(C)C(=O)c1ccccn1.CC(C)(C)C(=O)c1cccs1.CC(C)(C)C(=O)c1cnccn1.CC(C)(C)C(=O)c1ncc(F)cc1F.CC(C)(C)C(=O)c1ncccc1F.CC(C)C(=O)C(C)(C)C.CC(C)C(=O)C1CC1.CC(C)C(=O)c1cccnc1.CCC(=O)C(C)(C)C. The van der Waals surface area contributed by atoms with Crippen molar-refractivity contribution < 1.29 is 84.7 Å². The Morgan fingerprint density at radius 1 is 0.347 bits per heavy atom. The zero-order chi connectivity index (χ0) is 117. The molecule has 3 aliphatic carbocycles. The van der Waals surface area contributed by atoms with Gasteiger partial charge < -0.3 is 0 Å². The minimum atomic E-state index is -0.912. The van der Waals surface area contributed by atoms with Crippen molar-refractivity contribution in [2.45, 2.75) is 343 Å². The molecule has 0 amide bonds. The Labute approximate surface area is 900 Å². The summed E-state index contributed by atoms with van der Waals surface area (Å²) in [6.07, 6.45) is 26.1. The van der Waals surface area contributed by atoms with Crippen LogP contribution in [0.2, 0.25) is 0 Å². The lowest BCUT2D eigenvalue weighted by Crippen LogP contribution is -2.32. The fourth-order valence-electron chi connectivity index (χ4n) is 11.6. The van der Waals surface area contributed by atoms with Gasteiger partial charge in [-0.2, -0.15) is 0 Å². The maximum absolute atomic E-state index is 13.1. The van der Waals surface area contributed by atoms with Crippen LogP contribution in [0.5, 0.6) is 0 Å². The van der Waals surface area contributed by atoms with Crippen LogP contribution in [0, 0.1) is 118 Å². The van der Waals surface area contributed by atoms with Gasteiger partial charge in [0.2, 0.25) is 0 Å². The van der Waals surface area contributed by atoms with Crippen molar-refractivity contribution >= 4 is 92.3 Å². The summed E-state index contributed by atoms with van der Waals surface area (Å²) in [5, 5.41) is 1.93. The molecule has 3 aliphatic rings. The highest BCUT2D eigenvalue weighted by atomic mass is 32.1. The van der Waals surface area contributed by atoms with Crippen molar-refractivity contribution in [3.63, 3.8) is 0 Å². The number of halogens is 4. The summed E-state index contributed by atoms with van der Waals surface area (Å²) < 4.78 is 51.2. The Morgan fingerprint density at radius 3 is 1.08 bits per heavy atom. The summed E-state index contributed by atoms with van der Waals surface area (Å²) >= 11 is 1.51. The van der Waals surface area contributed by atoms with Gasteiger partial charge in [-0.25, -0.2) is 27.5 Å². The second-order valence-electron chi connectivity index (χ2n) is 49.2. The Morgan fingerprint density at radius 2 is 0.780 bits per heavy atom. The molecule has 828 valence electrons. The van der Waals surface area contributed by atoms with Crippen molar-refractivity contribution in [1.29, 1.82) is 0 Å². The number of benzene rings is 1. The number of ketones is 14. The predicted molar refractivity (Wildman–Crippen MR) is 600 cm³/mol. The molecule has 2 saturated carbocycles. The zero-order valence-electron chi connectivity index (χ0n) is 98.5. The Bertz CT molecular complexity index is 5460. The lowest BCUT2D eigenvalue weighted by Gasteiger charge is -2.30. The summed E-state index contributed by atoms with van der Waals surface area (Å²) in [7, 11) is 0. The number of nitrogens with zero attached hydrogens (tertiary/aromatic N) is 7. The molecule has 0 atom stereocenters. The molecule has 0 bridgehead atoms. The molecule has 26 heteroatoms. The number of pyridine rings is 5. The third-order valence-corrected chi connectivity index (χ3v) is 22.3. The van der Waals surface area contributed by atoms with E-state index in [9.17, 15) is 84.7 Å². The molecular weight excluding hydrogens is 1920 g/mol. The molecule has 2 fully saturated rings. The van der Waals surface area contributed by atoms with Crippen LogP contribution in [0.25, 0.3) is 0 Å². The van der Waals surface area contributed by atoms with E-state index in [1.165, 1.54) is 60.6 Å². The zero-order valence-corrected chi connectivity index (χ0v) is 99.3. The van der Waals surface area contributed by atoms with Gasteiger partial charge in [-0.3, -0.25) is 92.0 Å². The van der Waals surface area contributed by atoms with Crippen LogP contribution in [0.3, 0.4) is 0 Å². The molecule has 0 N–H and O–H groups in total. The molecule has 21 nitrogen and oxygen atoms in total. The number of rotatable bonds is 16. The normalized spacial score (nSPS) is 12.7. The van der Waals surface area contributed by atoms with Gasteiger partial charge in [0.15, 0.2) is 63.7 Å². The number of thiophene rings is 1. The molecule has 0 saturated heterocycles. The minimum absolute atomic E-state index is 0.0237. The van der Waals surface area contributed by atoms with E-state index in [2.05, 4.69) is 34.9 Å². The van der Waals surface area contributed by atoms with Crippen LogP contribution < -0.4 is 0 Å². The summed E-state index contributed by atoms with van der Waals surface area (Å²) in [5.74, 6) is 0.878. The number of allylic oxidation sites excluding steroid dienone is 4. The quantitative estimate of drug-likeness (QED) is 0.0640. The van der Waals surface area contributed by atoms with Crippen molar-refractivity contribution in [1.82, 2.24) is 34.9 Å². The molecule has 1 aromatic carbocycles. The van der Waals surface area contributed by atoms with Gasteiger partial charge in [0.05, 0.1) is 23.5 Å². The number of carbonyl (C=O) groups excluding carboxylic acids is 14. The first-order valence-electron chi connectivity index (χ1n) is 51.3. The molecule has 8 aromatic rings. The number of aromatic nitrogens is 7. The molecule has 0 spiro atoms. The monoisotopic (exact) mass is 2100 g/mol. The summed E-state index contributed by atoms with van der Waals surface area (Å²) in [6, 6.07) is 28.1. The van der Waals surface area contributed by atoms with E-state index in [1.807, 2.05) is 301 Å². The first-order chi connectivity index (χ1) is 68.2. The smallest absolute Gasteiger partial charge is 0.189 e. The van der Waals surface area contributed by atoms with E-state index >= 15 is 0 Å². The third-order valence-electron chi connectivity index (χ3n) is 21.4. The van der Waals surface area contributed by atoms with Gasteiger partial charge in [-0.1, -0.05) is 358 Å². The molecule has 7 heterocycles. The highest BCUT2D eigenvalue weighted by Gasteiger charge is 2.36. The average molecular weight is 2100 g/mol. The highest BCUT2D eigenvalue weighted by Crippen LogP contribution is 2.35. The minimum Gasteiger partial charge on any atom is -0.300 e. The van der Waals surface area contributed by atoms with Gasteiger partial charge >= 0.3 is 0 Å². The van der Waals surface area contributed by atoms with Crippen LogP contribution in [0.15, 0.2) is 188 Å². The standard InChI is InChI=1S/C11H14O.C10H11F2NO.2C10H12FNO.C10H13NO.C10H14O.C9H12N2O.C9H11NO.C9H12OS.C9H16O.C8H16O.C7H12O.C7H14O.C5H10O/c1-11(2,3)10(12)9-7-5-4-6-8-9;1-10(2,3)9(14)8-7(12)4-6(11)5-13-8;1-10(2,3)9(13)8-5-4-7(11)6-12-8;1-10(2,3)9(13)8-7(11)5-4-6-12-8;1-10(2,3)9(12)8-6-4-5-7-11-8;1-10(2,3)9(11)8-6-4-5-7-8;1-9(2,3)8(12)7-6-10-4-5-11-7;1-7(2)9(11)8-4-3-5-10-6-8;1-9(2,3)8(10)7-5-4-6-11-7;1-9(2,3)8(10)7-5-4-6-7;1-6(2)7(9)8(3,4)5;1-5(2)7(8)6-3-4-6;1-5-6(8)7(2,3)4;1-4(2)5(3)6/h4-8H,1-3H3;4-5H,1-3H3;2*4-6H,1-3H3;4-7H,1-3H3;4,6-7H,5H2,1-3H3;4-6H,1-3H3;3-7H,1-2H3;4-6H,1-3H3;7H,4-6H2,1-3H3;6H,1-5H3;5-6H,3-4H2,1-2H3;5H2,1-4H3;4H,1-3H3. The number of hydrogen-bond acceptors (Lipinski definition) is 22. The van der Waals surface area contributed by atoms with Crippen molar-refractivity contribution in [2.75, 3.05) is 0 Å². The van der Waals surface area contributed by atoms with E-state index in [0.29, 0.717) is 70.1 Å². The molecule has 150 heavy (non-hydrogen) atoms. The summed E-state index contributed by atoms with van der Waals surface area (Å²) in [4.78, 5) is 186. The van der Waals surface area contributed by atoms with Crippen molar-refractivity contribution in [2.24, 2.45) is 95.1 Å². The Kier molecular flexibility index (Phi) is 61.6. The maximum Gasteiger partial charge on any atom is 0.189 e. The van der Waals surface area contributed by atoms with Crippen LogP contribution >= 0.6 is 11.3 Å². The van der Waals surface area contributed by atoms with Crippen molar-refractivity contribution in [3.8, 4) is 0 Å². The number of carbonyl (C=O) groups is 14. The first kappa shape index (κ1) is 142. The Hall–Kier alpha value is -11.7. The lowest BCUT2D eigenvalue weighted by molar-refractivity contribution is -0.133. The number of hydrogen-bond donors (Lipinski definition) is 0. The predicted octanol–water partition coefficient (Wildman–Crippen LogP) is 31.3. The topological polar surface area (TPSA) is 329 Å². The van der Waals surface area contributed by atoms with E-state index in [1.54, 1.807) is 118 Å². The maximum atomic E-state index is 13.1. The third kappa shape index (κ3) is 59.2. The summed E-state index contributed by atoms with van der Waals surface area (Å²) in [6.45, 7) is 80.9. The van der Waals surface area contributed by atoms with Gasteiger partial charge in [0.25, 0.3) is 0 Å². The lowest BCUT2D eigenvalue weighted by atomic mass is 9.73. The second kappa shape index (κ2) is 64.9. The number of Topliss-reactive ketones (excluding diaryl/α,β-unsaturated/α-hetero) is 14. The van der Waals surface area contributed by atoms with E-state index in [4.69, 9.17) is 0 Å². The van der Waals surface area contributed by atoms with Gasteiger partial charge in [0.1, 0.15) is 69.0 Å². The van der Waals surface area contributed by atoms with Crippen LogP contribution in [-0.4, -0.2) is 116 Å². The second-order valence-corrected chi connectivity index (χ2v) is 50.1. The fourth-order valence-corrected chi connectivity index (χ4v) is 12.5. The average Bonchev–Trinajstić information content (AvgIpc) is 1.36. The van der Waals surface area contributed by atoms with E-state index in [-0.39, 0.29) is 130 Å². The van der Waals surface area contributed by atoms with Crippen LogP contribution in [0.1, 0.15) is 425 Å². The highest BCUT2D eigenvalue weighted by molar-refractivity contribution is 7.12. The molecule has 0 unspecified atom stereocenters. The Balaban J connectivity index is -0.00000156. The molecule has 0 radical (unpaired) electrons. The molecule has 11 rings (SSSR count).